The van der Waals surface area contributed by atoms with Crippen molar-refractivity contribution >= 4 is 0 Å². The van der Waals surface area contributed by atoms with Gasteiger partial charge in [-0.15, -0.1) is 0 Å². The molecule has 1 aliphatic heterocycles. The summed E-state index contributed by atoms with van der Waals surface area (Å²) in [5.41, 5.74) is 6.89. The van der Waals surface area contributed by atoms with Gasteiger partial charge >= 0.3 is 0 Å². The Morgan fingerprint density at radius 1 is 1.43 bits per heavy atom. The van der Waals surface area contributed by atoms with Crippen LogP contribution in [0.5, 0.6) is 0 Å². The summed E-state index contributed by atoms with van der Waals surface area (Å²) in [4.78, 5) is 2.43. The minimum Gasteiger partial charge on any atom is -0.364 e. The molecule has 1 saturated heterocycles. The molecule has 1 unspecified atom stereocenters. The smallest absolute Gasteiger partial charge is 0.128 e. The Labute approximate surface area is 84.0 Å². The first kappa shape index (κ1) is 9.68. The van der Waals surface area contributed by atoms with Crippen LogP contribution in [-0.2, 0) is 0 Å². The van der Waals surface area contributed by atoms with E-state index < -0.39 is 0 Å². The predicted molar refractivity (Wildman–Crippen MR) is 53.7 cm³/mol. The van der Waals surface area contributed by atoms with Gasteiger partial charge in [-0.3, -0.25) is 4.90 Å². The Bertz CT molecular complexity index is 254. The highest BCUT2D eigenvalue weighted by Gasteiger charge is 2.21. The van der Waals surface area contributed by atoms with Crippen molar-refractivity contribution in [3.8, 4) is 0 Å². The molecule has 0 spiro atoms. The average Bonchev–Trinajstić information content (AvgIpc) is 2.74. The molecule has 0 amide bonds. The summed E-state index contributed by atoms with van der Waals surface area (Å²) in [6, 6.07) is 0.293. The van der Waals surface area contributed by atoms with Crippen LogP contribution in [0.4, 0.5) is 0 Å². The fourth-order valence-electron chi connectivity index (χ4n) is 2.10. The molecule has 2 heterocycles. The normalized spacial score (nSPS) is 20.9. The van der Waals surface area contributed by atoms with Crippen LogP contribution in [-0.4, -0.2) is 29.7 Å². The van der Waals surface area contributed by atoms with Gasteiger partial charge in [0, 0.05) is 12.1 Å². The van der Waals surface area contributed by atoms with Crippen LogP contribution in [0.25, 0.3) is 0 Å². The molecule has 0 aliphatic carbocycles. The lowest BCUT2D eigenvalue weighted by Gasteiger charge is -2.32. The van der Waals surface area contributed by atoms with Crippen molar-refractivity contribution in [2.75, 3.05) is 19.6 Å². The molecular weight excluding hydrogens is 178 g/mol. The zero-order valence-corrected chi connectivity index (χ0v) is 8.35. The highest BCUT2D eigenvalue weighted by Crippen LogP contribution is 2.22. The number of aromatic nitrogens is 1. The Balaban J connectivity index is 2.04. The topological polar surface area (TPSA) is 55.3 Å². The van der Waals surface area contributed by atoms with Gasteiger partial charge in [-0.1, -0.05) is 11.6 Å². The van der Waals surface area contributed by atoms with Gasteiger partial charge < -0.3 is 10.3 Å². The van der Waals surface area contributed by atoms with E-state index in [1.54, 1.807) is 12.5 Å². The molecule has 2 N–H and O–H groups in total. The van der Waals surface area contributed by atoms with Gasteiger partial charge in [-0.05, 0) is 25.9 Å². The number of hydrogen-bond acceptors (Lipinski definition) is 4. The summed E-state index contributed by atoms with van der Waals surface area (Å²) in [7, 11) is 0. The van der Waals surface area contributed by atoms with Crippen molar-refractivity contribution in [2.24, 2.45) is 5.73 Å². The van der Waals surface area contributed by atoms with Crippen molar-refractivity contribution < 1.29 is 4.52 Å². The molecule has 14 heavy (non-hydrogen) atoms. The second-order valence-electron chi connectivity index (χ2n) is 3.81. The molecule has 0 radical (unpaired) electrons. The SMILES string of the molecule is NCC(c1cnoc1)N1CCCCC1. The first-order chi connectivity index (χ1) is 6.92. The van der Waals surface area contributed by atoms with E-state index in [0.717, 1.165) is 18.7 Å². The van der Waals surface area contributed by atoms with E-state index in [0.29, 0.717) is 12.6 Å². The summed E-state index contributed by atoms with van der Waals surface area (Å²) < 4.78 is 4.86. The van der Waals surface area contributed by atoms with Crippen LogP contribution in [0, 0.1) is 0 Å². The van der Waals surface area contributed by atoms with E-state index in [-0.39, 0.29) is 0 Å². The van der Waals surface area contributed by atoms with Crippen molar-refractivity contribution in [3.63, 3.8) is 0 Å². The number of rotatable bonds is 3. The van der Waals surface area contributed by atoms with E-state index in [1.807, 2.05) is 0 Å². The molecule has 78 valence electrons. The number of piperidine rings is 1. The van der Waals surface area contributed by atoms with Gasteiger partial charge in [0.1, 0.15) is 6.26 Å². The zero-order valence-electron chi connectivity index (χ0n) is 8.35. The minimum absolute atomic E-state index is 0.293. The molecule has 1 fully saturated rings. The lowest BCUT2D eigenvalue weighted by atomic mass is 10.0. The molecule has 0 aromatic carbocycles. The Hall–Kier alpha value is -0.870. The van der Waals surface area contributed by atoms with Crippen LogP contribution in [0.1, 0.15) is 30.9 Å². The van der Waals surface area contributed by atoms with E-state index >= 15 is 0 Å². The number of likely N-dealkylation sites (tertiary alicyclic amines) is 1. The largest absolute Gasteiger partial charge is 0.364 e. The van der Waals surface area contributed by atoms with Crippen LogP contribution in [0.15, 0.2) is 17.0 Å². The van der Waals surface area contributed by atoms with Crippen molar-refractivity contribution in [1.82, 2.24) is 10.1 Å². The molecule has 1 aromatic rings. The Morgan fingerprint density at radius 3 is 2.79 bits per heavy atom. The quantitative estimate of drug-likeness (QED) is 0.786. The molecule has 1 aromatic heterocycles. The standard InChI is InChI=1S/C10H17N3O/c11-6-10(9-7-12-14-8-9)13-4-2-1-3-5-13/h7-8,10H,1-6,11H2. The Kier molecular flexibility index (Phi) is 3.16. The van der Waals surface area contributed by atoms with Crippen LogP contribution in [0.3, 0.4) is 0 Å². The maximum Gasteiger partial charge on any atom is 0.128 e. The molecule has 4 heteroatoms. The van der Waals surface area contributed by atoms with Crippen LogP contribution >= 0.6 is 0 Å². The van der Waals surface area contributed by atoms with Gasteiger partial charge in [0.15, 0.2) is 0 Å². The zero-order chi connectivity index (χ0) is 9.80. The van der Waals surface area contributed by atoms with E-state index in [4.69, 9.17) is 10.3 Å². The lowest BCUT2D eigenvalue weighted by molar-refractivity contribution is 0.167. The monoisotopic (exact) mass is 195 g/mol. The minimum atomic E-state index is 0.293. The van der Waals surface area contributed by atoms with Crippen molar-refractivity contribution in [3.05, 3.63) is 18.0 Å². The molecule has 1 atom stereocenters. The molecule has 1 aliphatic rings. The fourth-order valence-corrected chi connectivity index (χ4v) is 2.10. The van der Waals surface area contributed by atoms with E-state index in [1.165, 1.54) is 19.3 Å². The number of nitrogens with two attached hydrogens (primary N) is 1. The van der Waals surface area contributed by atoms with Crippen LogP contribution in [0.2, 0.25) is 0 Å². The highest BCUT2D eigenvalue weighted by molar-refractivity contribution is 5.08. The summed E-state index contributed by atoms with van der Waals surface area (Å²) in [5.74, 6) is 0. The highest BCUT2D eigenvalue weighted by atomic mass is 16.5. The lowest BCUT2D eigenvalue weighted by Crippen LogP contribution is -2.37. The van der Waals surface area contributed by atoms with Crippen molar-refractivity contribution in [1.29, 1.82) is 0 Å². The van der Waals surface area contributed by atoms with Gasteiger partial charge in [0.05, 0.1) is 12.2 Å². The Morgan fingerprint density at radius 2 is 2.21 bits per heavy atom. The summed E-state index contributed by atoms with van der Waals surface area (Å²) in [6.07, 6.45) is 7.37. The molecule has 0 bridgehead atoms. The molecule has 0 saturated carbocycles. The number of hydrogen-bond donors (Lipinski definition) is 1. The van der Waals surface area contributed by atoms with Gasteiger partial charge in [0.25, 0.3) is 0 Å². The van der Waals surface area contributed by atoms with Gasteiger partial charge in [0.2, 0.25) is 0 Å². The van der Waals surface area contributed by atoms with Gasteiger partial charge in [-0.25, -0.2) is 0 Å². The predicted octanol–water partition coefficient (Wildman–Crippen LogP) is 1.16. The summed E-state index contributed by atoms with van der Waals surface area (Å²) in [6.45, 7) is 2.93. The number of nitrogens with zero attached hydrogens (tertiary/aromatic N) is 2. The third-order valence-electron chi connectivity index (χ3n) is 2.89. The average molecular weight is 195 g/mol. The molecule has 2 rings (SSSR count). The third kappa shape index (κ3) is 1.96. The van der Waals surface area contributed by atoms with Gasteiger partial charge in [-0.2, -0.15) is 0 Å². The third-order valence-corrected chi connectivity index (χ3v) is 2.89. The maximum absolute atomic E-state index is 5.78. The van der Waals surface area contributed by atoms with E-state index in [9.17, 15) is 0 Å². The molecule has 4 nitrogen and oxygen atoms in total. The summed E-state index contributed by atoms with van der Waals surface area (Å²) in [5, 5.41) is 3.73. The molecular formula is C10H17N3O. The maximum atomic E-state index is 5.78. The van der Waals surface area contributed by atoms with E-state index in [2.05, 4.69) is 10.1 Å². The second-order valence-corrected chi connectivity index (χ2v) is 3.81. The fraction of sp³-hybridized carbons (Fsp3) is 0.700. The van der Waals surface area contributed by atoms with Crippen LogP contribution < -0.4 is 5.73 Å². The first-order valence-corrected chi connectivity index (χ1v) is 5.25. The van der Waals surface area contributed by atoms with Crippen molar-refractivity contribution in [2.45, 2.75) is 25.3 Å². The summed E-state index contributed by atoms with van der Waals surface area (Å²) >= 11 is 0. The second kappa shape index (κ2) is 4.57. The first-order valence-electron chi connectivity index (χ1n) is 5.25.